The van der Waals surface area contributed by atoms with Crippen molar-refractivity contribution in [3.63, 3.8) is 0 Å². The number of aryl methyl sites for hydroxylation is 1. The maximum absolute atomic E-state index is 9.64. The third-order valence-electron chi connectivity index (χ3n) is 3.41. The molecule has 0 radical (unpaired) electrons. The molecule has 0 aliphatic heterocycles. The van der Waals surface area contributed by atoms with Crippen molar-refractivity contribution in [2.45, 2.75) is 39.7 Å². The molecule has 0 spiro atoms. The molecule has 2 aromatic heterocycles. The van der Waals surface area contributed by atoms with E-state index in [0.29, 0.717) is 24.6 Å². The number of thiazole rings is 1. The Morgan fingerprint density at radius 1 is 1.23 bits per heavy atom. The normalized spacial score (nSPS) is 10.1. The number of nitrogen functional groups attached to an aromatic ring is 1. The van der Waals surface area contributed by atoms with Crippen LogP contribution >= 0.6 is 11.3 Å². The average Bonchev–Trinajstić information content (AvgIpc) is 2.90. The number of aromatic nitrogens is 3. The summed E-state index contributed by atoms with van der Waals surface area (Å²) >= 11 is 1.65. The van der Waals surface area contributed by atoms with Crippen LogP contribution in [0.5, 0.6) is 0 Å². The number of hydrogen-bond acceptors (Lipinski definition) is 7. The molecule has 0 atom stereocenters. The van der Waals surface area contributed by atoms with E-state index in [1.807, 2.05) is 19.4 Å². The first kappa shape index (κ1) is 21.5. The van der Waals surface area contributed by atoms with Crippen LogP contribution in [0.4, 0.5) is 5.82 Å². The number of nitrogens with two attached hydrogens (primary N) is 1. The molecule has 0 fully saturated rings. The van der Waals surface area contributed by atoms with Crippen LogP contribution in [0.3, 0.4) is 0 Å². The Bertz CT molecular complexity index is 749. The van der Waals surface area contributed by atoms with Gasteiger partial charge in [-0.25, -0.2) is 9.97 Å². The van der Waals surface area contributed by atoms with Gasteiger partial charge in [-0.1, -0.05) is 11.3 Å². The van der Waals surface area contributed by atoms with E-state index in [1.165, 1.54) is 4.88 Å². The molecule has 2 heterocycles. The van der Waals surface area contributed by atoms with Gasteiger partial charge >= 0.3 is 11.9 Å². The van der Waals surface area contributed by atoms with Crippen molar-refractivity contribution in [1.82, 2.24) is 9.97 Å². The Kier molecular flexibility index (Phi) is 8.59. The number of rotatable bonds is 7. The van der Waals surface area contributed by atoms with Gasteiger partial charge in [0.25, 0.3) is 0 Å². The molecular formula is C16H23N4O5S+. The first-order valence-electron chi connectivity index (χ1n) is 7.83. The van der Waals surface area contributed by atoms with E-state index in [4.69, 9.17) is 21.1 Å². The second-order valence-corrected chi connectivity index (χ2v) is 6.39. The number of nitrogens with zero attached hydrogens (tertiary/aromatic N) is 3. The van der Waals surface area contributed by atoms with Crippen molar-refractivity contribution < 1.29 is 29.5 Å². The average molecular weight is 383 g/mol. The van der Waals surface area contributed by atoms with E-state index in [2.05, 4.69) is 14.5 Å². The molecule has 142 valence electrons. The van der Waals surface area contributed by atoms with Crippen LogP contribution in [-0.4, -0.2) is 43.8 Å². The summed E-state index contributed by atoms with van der Waals surface area (Å²) in [7, 11) is 0. The van der Waals surface area contributed by atoms with E-state index in [0.717, 1.165) is 11.3 Å². The van der Waals surface area contributed by atoms with Crippen molar-refractivity contribution in [1.29, 1.82) is 0 Å². The lowest BCUT2D eigenvalue weighted by Gasteiger charge is -2.01. The van der Waals surface area contributed by atoms with Crippen LogP contribution in [0.25, 0.3) is 0 Å². The molecule has 0 bridgehead atoms. The second-order valence-electron chi connectivity index (χ2n) is 5.45. The highest BCUT2D eigenvalue weighted by atomic mass is 32.1. The number of aliphatic hydroxyl groups is 1. The minimum atomic E-state index is -1.08. The molecule has 0 aromatic carbocycles. The smallest absolute Gasteiger partial charge is 0.303 e. The minimum Gasteiger partial charge on any atom is -0.481 e. The van der Waals surface area contributed by atoms with E-state index in [9.17, 15) is 9.59 Å². The number of carboxylic acid groups (broad SMARTS) is 2. The monoisotopic (exact) mass is 383 g/mol. The lowest BCUT2D eigenvalue weighted by molar-refractivity contribution is -0.689. The molecular weight excluding hydrogens is 360 g/mol. The molecule has 0 unspecified atom stereocenters. The summed E-state index contributed by atoms with van der Waals surface area (Å²) in [5, 5.41) is 24.8. The fourth-order valence-electron chi connectivity index (χ4n) is 1.98. The topological polar surface area (TPSA) is 151 Å². The van der Waals surface area contributed by atoms with Gasteiger partial charge in [-0.05, 0) is 6.92 Å². The van der Waals surface area contributed by atoms with Gasteiger partial charge in [-0.15, -0.1) is 0 Å². The van der Waals surface area contributed by atoms with Crippen LogP contribution in [0.2, 0.25) is 0 Å². The summed E-state index contributed by atoms with van der Waals surface area (Å²) in [6.45, 7) is 4.71. The highest BCUT2D eigenvalue weighted by Crippen LogP contribution is 2.13. The van der Waals surface area contributed by atoms with E-state index in [-0.39, 0.29) is 19.4 Å². The van der Waals surface area contributed by atoms with E-state index in [1.54, 1.807) is 17.5 Å². The van der Waals surface area contributed by atoms with Crippen molar-refractivity contribution >= 4 is 29.1 Å². The third kappa shape index (κ3) is 7.11. The summed E-state index contributed by atoms with van der Waals surface area (Å²) in [4.78, 5) is 28.8. The summed E-state index contributed by atoms with van der Waals surface area (Å²) in [6, 6.07) is 0. The third-order valence-corrected chi connectivity index (χ3v) is 4.55. The summed E-state index contributed by atoms with van der Waals surface area (Å²) in [6.07, 6.45) is 1.88. The Morgan fingerprint density at radius 3 is 2.35 bits per heavy atom. The molecule has 9 nitrogen and oxygen atoms in total. The lowest BCUT2D eigenvalue weighted by Crippen LogP contribution is -2.35. The van der Waals surface area contributed by atoms with Gasteiger partial charge in [0, 0.05) is 26.1 Å². The number of hydrogen-bond donors (Lipinski definition) is 4. The van der Waals surface area contributed by atoms with Gasteiger partial charge in [0.15, 0.2) is 12.2 Å². The number of carboxylic acids is 2. The SMILES string of the molecule is Cc1ncc(C[n+]2csc(CCO)c2C)c(N)n1.O=C(O)CCC(=O)O. The molecule has 26 heavy (non-hydrogen) atoms. The van der Waals surface area contributed by atoms with Gasteiger partial charge < -0.3 is 21.1 Å². The standard InChI is InChI=1S/C12H17N4OS.C4H6O4/c1-8-11(3-4-17)18-7-16(8)6-10-5-14-9(2)15-12(10)13;5-3(6)1-2-4(7)8/h5,7,17H,3-4,6H2,1-2H3,(H2,13,14,15);1-2H2,(H,5,6)(H,7,8)/q+1;. The lowest BCUT2D eigenvalue weighted by atomic mass is 10.2. The van der Waals surface area contributed by atoms with Crippen LogP contribution < -0.4 is 10.3 Å². The molecule has 2 rings (SSSR count). The Hall–Kier alpha value is -2.59. The molecule has 0 saturated carbocycles. The van der Waals surface area contributed by atoms with Crippen LogP contribution in [0.1, 0.15) is 34.8 Å². The molecule has 5 N–H and O–H groups in total. The molecule has 2 aromatic rings. The van der Waals surface area contributed by atoms with Crippen molar-refractivity contribution in [3.05, 3.63) is 33.7 Å². The van der Waals surface area contributed by atoms with Crippen molar-refractivity contribution in [2.75, 3.05) is 12.3 Å². The van der Waals surface area contributed by atoms with Crippen LogP contribution in [0, 0.1) is 13.8 Å². The van der Waals surface area contributed by atoms with Gasteiger partial charge in [-0.2, -0.15) is 4.57 Å². The maximum Gasteiger partial charge on any atom is 0.303 e. The Labute approximate surface area is 154 Å². The van der Waals surface area contributed by atoms with Crippen molar-refractivity contribution in [3.8, 4) is 0 Å². The predicted molar refractivity (Wildman–Crippen MR) is 94.8 cm³/mol. The molecule has 0 aliphatic carbocycles. The predicted octanol–water partition coefficient (Wildman–Crippen LogP) is 0.544. The highest BCUT2D eigenvalue weighted by molar-refractivity contribution is 7.09. The first-order chi connectivity index (χ1) is 12.2. The van der Waals surface area contributed by atoms with Gasteiger partial charge in [0.1, 0.15) is 11.6 Å². The van der Waals surface area contributed by atoms with E-state index < -0.39 is 11.9 Å². The summed E-state index contributed by atoms with van der Waals surface area (Å²) in [5.41, 5.74) is 10.0. The maximum atomic E-state index is 9.64. The second kappa shape index (κ2) is 10.4. The molecule has 0 aliphatic rings. The van der Waals surface area contributed by atoms with Crippen molar-refractivity contribution in [2.24, 2.45) is 0 Å². The zero-order valence-electron chi connectivity index (χ0n) is 14.7. The largest absolute Gasteiger partial charge is 0.481 e. The first-order valence-corrected chi connectivity index (χ1v) is 8.71. The number of anilines is 1. The quantitative estimate of drug-likeness (QED) is 0.506. The fraction of sp³-hybridized carbons (Fsp3) is 0.438. The van der Waals surface area contributed by atoms with Gasteiger partial charge in [0.2, 0.25) is 5.51 Å². The Morgan fingerprint density at radius 2 is 1.85 bits per heavy atom. The minimum absolute atomic E-state index is 0.178. The zero-order chi connectivity index (χ0) is 19.7. The molecule has 10 heteroatoms. The van der Waals surface area contributed by atoms with Crippen LogP contribution in [0.15, 0.2) is 11.7 Å². The molecule has 0 amide bonds. The number of aliphatic carboxylic acids is 2. The van der Waals surface area contributed by atoms with Gasteiger partial charge in [-0.3, -0.25) is 9.59 Å². The number of carbonyl (C=O) groups is 2. The summed E-state index contributed by atoms with van der Waals surface area (Å²) in [5.74, 6) is -0.937. The molecule has 0 saturated heterocycles. The van der Waals surface area contributed by atoms with Gasteiger partial charge in [0.05, 0.1) is 23.3 Å². The summed E-state index contributed by atoms with van der Waals surface area (Å²) < 4.78 is 2.11. The van der Waals surface area contributed by atoms with E-state index >= 15 is 0 Å². The highest BCUT2D eigenvalue weighted by Gasteiger charge is 2.17. The zero-order valence-corrected chi connectivity index (χ0v) is 15.5. The fourth-order valence-corrected chi connectivity index (χ4v) is 2.96. The van der Waals surface area contributed by atoms with Crippen LogP contribution in [-0.2, 0) is 22.6 Å². The Balaban J connectivity index is 0.000000359. The number of aliphatic hydroxyl groups excluding tert-OH is 1.